The van der Waals surface area contributed by atoms with E-state index < -0.39 is 0 Å². The van der Waals surface area contributed by atoms with Crippen LogP contribution >= 0.6 is 11.6 Å². The Bertz CT molecular complexity index is 196. The van der Waals surface area contributed by atoms with E-state index in [1.807, 2.05) is 6.92 Å². The van der Waals surface area contributed by atoms with Crippen LogP contribution in [0, 0.1) is 0 Å². The summed E-state index contributed by atoms with van der Waals surface area (Å²) in [6.07, 6.45) is 0.259. The average molecular weight is 222 g/mol. The summed E-state index contributed by atoms with van der Waals surface area (Å²) in [7, 11) is 0. The first kappa shape index (κ1) is 13.2. The van der Waals surface area contributed by atoms with E-state index in [9.17, 15) is 9.59 Å². The quantitative estimate of drug-likeness (QED) is 0.497. The lowest BCUT2D eigenvalue weighted by molar-refractivity contribution is -0.148. The molecular formula is C9H16ClNO3. The van der Waals surface area contributed by atoms with Crippen molar-refractivity contribution in [2.24, 2.45) is 0 Å². The predicted octanol–water partition coefficient (Wildman–Crippen LogP) is 1.03. The monoisotopic (exact) mass is 221 g/mol. The summed E-state index contributed by atoms with van der Waals surface area (Å²) in [5.41, 5.74) is 0. The third kappa shape index (κ3) is 5.07. The van der Waals surface area contributed by atoms with Crippen molar-refractivity contribution >= 4 is 23.5 Å². The molecule has 0 saturated carbocycles. The van der Waals surface area contributed by atoms with Gasteiger partial charge < -0.3 is 9.64 Å². The van der Waals surface area contributed by atoms with Crippen molar-refractivity contribution in [2.45, 2.75) is 20.3 Å². The molecule has 0 aliphatic rings. The second kappa shape index (κ2) is 7.62. The minimum absolute atomic E-state index is 0.0140. The van der Waals surface area contributed by atoms with Crippen molar-refractivity contribution < 1.29 is 14.3 Å². The summed E-state index contributed by atoms with van der Waals surface area (Å²) in [6.45, 7) is 4.38. The molecule has 0 saturated heterocycles. The van der Waals surface area contributed by atoms with Gasteiger partial charge >= 0.3 is 5.97 Å². The number of carbonyl (C=O) groups excluding carboxylic acids is 2. The van der Waals surface area contributed by atoms with Crippen LogP contribution in [0.4, 0.5) is 0 Å². The van der Waals surface area contributed by atoms with E-state index in [0.29, 0.717) is 13.2 Å². The Balaban J connectivity index is 4.01. The van der Waals surface area contributed by atoms with E-state index in [1.165, 1.54) is 4.90 Å². The third-order valence-corrected chi connectivity index (χ3v) is 1.86. The molecule has 5 heteroatoms. The van der Waals surface area contributed by atoms with Gasteiger partial charge in [-0.1, -0.05) is 0 Å². The molecule has 0 rings (SSSR count). The molecule has 0 fully saturated rings. The number of rotatable bonds is 6. The van der Waals surface area contributed by atoms with Crippen molar-refractivity contribution in [1.29, 1.82) is 0 Å². The van der Waals surface area contributed by atoms with Gasteiger partial charge in [0.15, 0.2) is 0 Å². The molecule has 14 heavy (non-hydrogen) atoms. The van der Waals surface area contributed by atoms with Crippen LogP contribution in [0.3, 0.4) is 0 Å². The maximum atomic E-state index is 11.3. The summed E-state index contributed by atoms with van der Waals surface area (Å²) in [4.78, 5) is 23.9. The molecular weight excluding hydrogens is 206 g/mol. The highest BCUT2D eigenvalue weighted by atomic mass is 35.5. The summed E-state index contributed by atoms with van der Waals surface area (Å²) in [5.74, 6) is -0.217. The number of likely N-dealkylation sites (N-methyl/N-ethyl adjacent to an activating group) is 1. The van der Waals surface area contributed by atoms with E-state index in [0.717, 1.165) is 0 Å². The van der Waals surface area contributed by atoms with Crippen molar-refractivity contribution in [3.63, 3.8) is 0 Å². The fourth-order valence-electron chi connectivity index (χ4n) is 0.978. The van der Waals surface area contributed by atoms with Gasteiger partial charge in [0.25, 0.3) is 0 Å². The molecule has 0 N–H and O–H groups in total. The molecule has 4 nitrogen and oxygen atoms in total. The number of nitrogens with zero attached hydrogens (tertiary/aromatic N) is 1. The van der Waals surface area contributed by atoms with Crippen LogP contribution in [-0.2, 0) is 14.3 Å². The smallest absolute Gasteiger partial charge is 0.325 e. The van der Waals surface area contributed by atoms with Gasteiger partial charge in [0.2, 0.25) is 5.91 Å². The molecule has 1 amide bonds. The SMILES string of the molecule is CCOC(=O)CN(CC)C(=O)CCCl. The van der Waals surface area contributed by atoms with E-state index in [-0.39, 0.29) is 30.7 Å². The number of ether oxygens (including phenoxy) is 1. The van der Waals surface area contributed by atoms with E-state index >= 15 is 0 Å². The molecule has 0 aromatic rings. The van der Waals surface area contributed by atoms with Gasteiger partial charge in [-0.2, -0.15) is 0 Å². The van der Waals surface area contributed by atoms with Crippen molar-refractivity contribution in [3.8, 4) is 0 Å². The van der Waals surface area contributed by atoms with Crippen LogP contribution in [0.5, 0.6) is 0 Å². The van der Waals surface area contributed by atoms with Gasteiger partial charge in [-0.05, 0) is 13.8 Å². The maximum Gasteiger partial charge on any atom is 0.325 e. The van der Waals surface area contributed by atoms with Crippen LogP contribution in [0.2, 0.25) is 0 Å². The summed E-state index contributed by atoms with van der Waals surface area (Å²) < 4.78 is 4.74. The van der Waals surface area contributed by atoms with Gasteiger partial charge in [-0.3, -0.25) is 9.59 Å². The summed E-state index contributed by atoms with van der Waals surface area (Å²) >= 11 is 5.43. The zero-order valence-electron chi connectivity index (χ0n) is 8.59. The highest BCUT2D eigenvalue weighted by molar-refractivity contribution is 6.18. The zero-order chi connectivity index (χ0) is 11.0. The zero-order valence-corrected chi connectivity index (χ0v) is 9.34. The number of hydrogen-bond donors (Lipinski definition) is 0. The molecule has 0 aromatic heterocycles. The Morgan fingerprint density at radius 1 is 1.36 bits per heavy atom. The normalized spacial score (nSPS) is 9.64. The average Bonchev–Trinajstić information content (AvgIpc) is 2.15. The minimum Gasteiger partial charge on any atom is -0.465 e. The number of esters is 1. The number of carbonyl (C=O) groups is 2. The molecule has 0 aliphatic carbocycles. The molecule has 0 unspecified atom stereocenters. The highest BCUT2D eigenvalue weighted by Gasteiger charge is 2.14. The number of hydrogen-bond acceptors (Lipinski definition) is 3. The first-order chi connectivity index (χ1) is 6.65. The molecule has 0 radical (unpaired) electrons. The molecule has 0 atom stereocenters. The van der Waals surface area contributed by atoms with Crippen LogP contribution in [0.25, 0.3) is 0 Å². The standard InChI is InChI=1S/C9H16ClNO3/c1-3-11(8(12)5-6-10)7-9(13)14-4-2/h3-7H2,1-2H3. The molecule has 0 aliphatic heterocycles. The van der Waals surface area contributed by atoms with Crippen molar-refractivity contribution in [3.05, 3.63) is 0 Å². The van der Waals surface area contributed by atoms with Crippen molar-refractivity contribution in [1.82, 2.24) is 4.90 Å². The summed E-state index contributed by atoms with van der Waals surface area (Å²) in [6, 6.07) is 0. The topological polar surface area (TPSA) is 46.6 Å². The van der Waals surface area contributed by atoms with E-state index in [4.69, 9.17) is 16.3 Å². The van der Waals surface area contributed by atoms with Crippen LogP contribution in [0.15, 0.2) is 0 Å². The van der Waals surface area contributed by atoms with Gasteiger partial charge in [0.05, 0.1) is 6.61 Å². The Labute approximate surface area is 89.2 Å². The Kier molecular flexibility index (Phi) is 7.20. The lowest BCUT2D eigenvalue weighted by Gasteiger charge is -2.18. The van der Waals surface area contributed by atoms with Gasteiger partial charge in [-0.25, -0.2) is 0 Å². The van der Waals surface area contributed by atoms with Crippen LogP contribution < -0.4 is 0 Å². The Morgan fingerprint density at radius 2 is 2.00 bits per heavy atom. The lowest BCUT2D eigenvalue weighted by Crippen LogP contribution is -2.36. The van der Waals surface area contributed by atoms with E-state index in [2.05, 4.69) is 0 Å². The van der Waals surface area contributed by atoms with Gasteiger partial charge in [-0.15, -0.1) is 11.6 Å². The summed E-state index contributed by atoms with van der Waals surface area (Å²) in [5, 5.41) is 0. The Hall–Kier alpha value is -0.770. The number of halogens is 1. The van der Waals surface area contributed by atoms with Crippen molar-refractivity contribution in [2.75, 3.05) is 25.6 Å². The first-order valence-corrected chi connectivity index (χ1v) is 5.18. The fraction of sp³-hybridized carbons (Fsp3) is 0.778. The maximum absolute atomic E-state index is 11.3. The first-order valence-electron chi connectivity index (χ1n) is 4.65. The molecule has 0 heterocycles. The molecule has 82 valence electrons. The second-order valence-electron chi connectivity index (χ2n) is 2.65. The van der Waals surface area contributed by atoms with Crippen LogP contribution in [0.1, 0.15) is 20.3 Å². The van der Waals surface area contributed by atoms with Gasteiger partial charge in [0, 0.05) is 18.8 Å². The fourth-order valence-corrected chi connectivity index (χ4v) is 1.14. The van der Waals surface area contributed by atoms with Crippen LogP contribution in [-0.4, -0.2) is 42.4 Å². The number of alkyl halides is 1. The minimum atomic E-state index is -0.378. The number of amides is 1. The van der Waals surface area contributed by atoms with Gasteiger partial charge in [0.1, 0.15) is 6.54 Å². The molecule has 0 bridgehead atoms. The predicted molar refractivity (Wildman–Crippen MR) is 54.2 cm³/mol. The third-order valence-electron chi connectivity index (χ3n) is 1.67. The molecule has 0 spiro atoms. The molecule has 0 aromatic carbocycles. The largest absolute Gasteiger partial charge is 0.465 e. The lowest BCUT2D eigenvalue weighted by atomic mass is 10.4. The van der Waals surface area contributed by atoms with E-state index in [1.54, 1.807) is 6.92 Å². The second-order valence-corrected chi connectivity index (χ2v) is 3.03. The Morgan fingerprint density at radius 3 is 2.43 bits per heavy atom. The highest BCUT2D eigenvalue weighted by Crippen LogP contribution is 1.96.